The first-order valence-electron chi connectivity index (χ1n) is 8.10. The zero-order valence-electron chi connectivity index (χ0n) is 13.5. The number of hydrogen-bond acceptors (Lipinski definition) is 4. The van der Waals surface area contributed by atoms with Gasteiger partial charge >= 0.3 is 0 Å². The fraction of sp³-hybridized carbons (Fsp3) is 0.389. The van der Waals surface area contributed by atoms with Gasteiger partial charge < -0.3 is 9.80 Å². The summed E-state index contributed by atoms with van der Waals surface area (Å²) >= 11 is 0. The van der Waals surface area contributed by atoms with E-state index in [4.69, 9.17) is 0 Å². The molecule has 0 unspecified atom stereocenters. The number of carbonyl (C=O) groups excluding carboxylic acids is 1. The van der Waals surface area contributed by atoms with Crippen molar-refractivity contribution in [2.45, 2.75) is 25.8 Å². The molecule has 1 aliphatic rings. The molecule has 2 heterocycles. The Bertz CT molecular complexity index is 653. The standard InChI is InChI=1S/C18H22N4O/c1-21(13-15-8-4-2-5-9-15)17-12-16(19-14-20-17)18(23)22-10-6-3-7-11-22/h2,4-5,8-9,12,14H,3,6-7,10-11,13H2,1H3. The Balaban J connectivity index is 1.72. The van der Waals surface area contributed by atoms with Crippen molar-refractivity contribution in [2.75, 3.05) is 25.0 Å². The fourth-order valence-corrected chi connectivity index (χ4v) is 2.87. The third-order valence-corrected chi connectivity index (χ3v) is 4.17. The van der Waals surface area contributed by atoms with E-state index in [0.717, 1.165) is 38.3 Å². The summed E-state index contributed by atoms with van der Waals surface area (Å²) in [6.07, 6.45) is 4.85. The highest BCUT2D eigenvalue weighted by Crippen LogP contribution is 2.16. The Morgan fingerprint density at radius 2 is 1.87 bits per heavy atom. The molecule has 5 nitrogen and oxygen atoms in total. The zero-order valence-corrected chi connectivity index (χ0v) is 13.5. The Morgan fingerprint density at radius 3 is 2.61 bits per heavy atom. The minimum Gasteiger partial charge on any atom is -0.355 e. The summed E-state index contributed by atoms with van der Waals surface area (Å²) in [5.74, 6) is 0.783. The molecule has 1 aliphatic heterocycles. The zero-order chi connectivity index (χ0) is 16.1. The highest BCUT2D eigenvalue weighted by atomic mass is 16.2. The van der Waals surface area contributed by atoms with Crippen molar-refractivity contribution >= 4 is 11.7 Å². The summed E-state index contributed by atoms with van der Waals surface area (Å²) in [4.78, 5) is 25.0. The van der Waals surface area contributed by atoms with E-state index in [2.05, 4.69) is 22.1 Å². The van der Waals surface area contributed by atoms with E-state index in [9.17, 15) is 4.79 Å². The van der Waals surface area contributed by atoms with Gasteiger partial charge in [-0.2, -0.15) is 0 Å². The summed E-state index contributed by atoms with van der Waals surface area (Å²) in [6, 6.07) is 12.0. The molecular formula is C18H22N4O. The molecule has 0 radical (unpaired) electrons. The Kier molecular flexibility index (Phi) is 4.86. The highest BCUT2D eigenvalue weighted by molar-refractivity contribution is 5.93. The summed E-state index contributed by atoms with van der Waals surface area (Å²) in [7, 11) is 1.98. The molecule has 1 aromatic heterocycles. The van der Waals surface area contributed by atoms with E-state index in [1.807, 2.05) is 35.0 Å². The number of rotatable bonds is 4. The number of carbonyl (C=O) groups is 1. The fourth-order valence-electron chi connectivity index (χ4n) is 2.87. The molecule has 1 amide bonds. The molecule has 0 aliphatic carbocycles. The van der Waals surface area contributed by atoms with Crippen molar-refractivity contribution in [3.05, 3.63) is 54.0 Å². The first kappa shape index (κ1) is 15.5. The molecule has 1 aromatic carbocycles. The molecule has 0 N–H and O–H groups in total. The van der Waals surface area contributed by atoms with E-state index in [0.29, 0.717) is 5.69 Å². The van der Waals surface area contributed by atoms with Gasteiger partial charge in [-0.15, -0.1) is 0 Å². The van der Waals surface area contributed by atoms with Gasteiger partial charge in [-0.3, -0.25) is 4.79 Å². The number of amides is 1. The molecule has 1 saturated heterocycles. The van der Waals surface area contributed by atoms with Gasteiger partial charge in [-0.1, -0.05) is 30.3 Å². The van der Waals surface area contributed by atoms with Crippen LogP contribution in [-0.4, -0.2) is 40.9 Å². The second kappa shape index (κ2) is 7.22. The van der Waals surface area contributed by atoms with E-state index in [1.54, 1.807) is 6.07 Å². The lowest BCUT2D eigenvalue weighted by atomic mass is 10.1. The van der Waals surface area contributed by atoms with Crippen LogP contribution in [0, 0.1) is 0 Å². The monoisotopic (exact) mass is 310 g/mol. The van der Waals surface area contributed by atoms with Crippen LogP contribution in [0.15, 0.2) is 42.7 Å². The Morgan fingerprint density at radius 1 is 1.13 bits per heavy atom. The maximum absolute atomic E-state index is 12.5. The van der Waals surface area contributed by atoms with Crippen molar-refractivity contribution in [1.82, 2.24) is 14.9 Å². The van der Waals surface area contributed by atoms with E-state index in [1.165, 1.54) is 18.3 Å². The third kappa shape index (κ3) is 3.86. The van der Waals surface area contributed by atoms with E-state index < -0.39 is 0 Å². The number of anilines is 1. The van der Waals surface area contributed by atoms with Crippen molar-refractivity contribution in [1.29, 1.82) is 0 Å². The van der Waals surface area contributed by atoms with Crippen molar-refractivity contribution < 1.29 is 4.79 Å². The van der Waals surface area contributed by atoms with Crippen LogP contribution in [0.2, 0.25) is 0 Å². The SMILES string of the molecule is CN(Cc1ccccc1)c1cc(C(=O)N2CCCCC2)ncn1. The predicted molar refractivity (Wildman–Crippen MR) is 90.3 cm³/mol. The van der Waals surface area contributed by atoms with Crippen LogP contribution in [0.5, 0.6) is 0 Å². The lowest BCUT2D eigenvalue weighted by molar-refractivity contribution is 0.0718. The summed E-state index contributed by atoms with van der Waals surface area (Å²) < 4.78 is 0. The van der Waals surface area contributed by atoms with Gasteiger partial charge in [0.2, 0.25) is 0 Å². The molecule has 0 atom stereocenters. The number of hydrogen-bond donors (Lipinski definition) is 0. The van der Waals surface area contributed by atoms with Crippen molar-refractivity contribution in [3.8, 4) is 0 Å². The average Bonchev–Trinajstić information content (AvgIpc) is 2.63. The van der Waals surface area contributed by atoms with Gasteiger partial charge in [0.05, 0.1) is 0 Å². The summed E-state index contributed by atoms with van der Waals surface area (Å²) in [6.45, 7) is 2.41. The number of likely N-dealkylation sites (tertiary alicyclic amines) is 1. The second-order valence-corrected chi connectivity index (χ2v) is 5.96. The van der Waals surface area contributed by atoms with Crippen LogP contribution in [0.1, 0.15) is 35.3 Å². The largest absolute Gasteiger partial charge is 0.355 e. The van der Waals surface area contributed by atoms with Crippen LogP contribution < -0.4 is 4.90 Å². The average molecular weight is 310 g/mol. The maximum atomic E-state index is 12.5. The van der Waals surface area contributed by atoms with Crippen molar-refractivity contribution in [2.24, 2.45) is 0 Å². The normalized spacial score (nSPS) is 14.6. The van der Waals surface area contributed by atoms with Crippen LogP contribution in [0.4, 0.5) is 5.82 Å². The quantitative estimate of drug-likeness (QED) is 0.871. The van der Waals surface area contributed by atoms with E-state index >= 15 is 0 Å². The molecule has 0 saturated carbocycles. The Hall–Kier alpha value is -2.43. The van der Waals surface area contributed by atoms with Gasteiger partial charge in [0.1, 0.15) is 17.8 Å². The van der Waals surface area contributed by atoms with Gasteiger partial charge in [0, 0.05) is 32.7 Å². The molecular weight excluding hydrogens is 288 g/mol. The number of piperidine rings is 1. The lowest BCUT2D eigenvalue weighted by Gasteiger charge is -2.26. The molecule has 3 rings (SSSR count). The Labute approximate surface area is 137 Å². The number of nitrogens with zero attached hydrogens (tertiary/aromatic N) is 4. The minimum atomic E-state index is 0.0152. The second-order valence-electron chi connectivity index (χ2n) is 5.96. The van der Waals surface area contributed by atoms with Crippen LogP contribution in [0.3, 0.4) is 0 Å². The van der Waals surface area contributed by atoms with Crippen LogP contribution >= 0.6 is 0 Å². The van der Waals surface area contributed by atoms with Gasteiger partial charge in [-0.05, 0) is 24.8 Å². The molecule has 23 heavy (non-hydrogen) atoms. The predicted octanol–water partition coefficient (Wildman–Crippen LogP) is 2.74. The number of benzene rings is 1. The first-order chi connectivity index (χ1) is 11.2. The highest BCUT2D eigenvalue weighted by Gasteiger charge is 2.20. The summed E-state index contributed by atoms with van der Waals surface area (Å²) in [5, 5.41) is 0. The molecule has 120 valence electrons. The van der Waals surface area contributed by atoms with Crippen molar-refractivity contribution in [3.63, 3.8) is 0 Å². The van der Waals surface area contributed by atoms with Gasteiger partial charge in [0.25, 0.3) is 5.91 Å². The number of aromatic nitrogens is 2. The maximum Gasteiger partial charge on any atom is 0.272 e. The first-order valence-corrected chi connectivity index (χ1v) is 8.10. The molecule has 1 fully saturated rings. The molecule has 2 aromatic rings. The van der Waals surface area contributed by atoms with Gasteiger partial charge in [-0.25, -0.2) is 9.97 Å². The lowest BCUT2D eigenvalue weighted by Crippen LogP contribution is -2.36. The smallest absolute Gasteiger partial charge is 0.272 e. The summed E-state index contributed by atoms with van der Waals surface area (Å²) in [5.41, 5.74) is 1.69. The van der Waals surface area contributed by atoms with E-state index in [-0.39, 0.29) is 5.91 Å². The minimum absolute atomic E-state index is 0.0152. The topological polar surface area (TPSA) is 49.3 Å². The van der Waals surface area contributed by atoms with Crippen LogP contribution in [0.25, 0.3) is 0 Å². The van der Waals surface area contributed by atoms with Crippen LogP contribution in [-0.2, 0) is 6.54 Å². The molecule has 5 heteroatoms. The van der Waals surface area contributed by atoms with Gasteiger partial charge in [0.15, 0.2) is 0 Å². The third-order valence-electron chi connectivity index (χ3n) is 4.17. The molecule has 0 bridgehead atoms. The molecule has 0 spiro atoms.